The highest BCUT2D eigenvalue weighted by Crippen LogP contribution is 2.18. The van der Waals surface area contributed by atoms with Crippen LogP contribution in [0, 0.1) is 13.8 Å². The monoisotopic (exact) mass is 426 g/mol. The van der Waals surface area contributed by atoms with Gasteiger partial charge in [-0.15, -0.1) is 0 Å². The van der Waals surface area contributed by atoms with Crippen LogP contribution in [0.4, 0.5) is 11.4 Å². The summed E-state index contributed by atoms with van der Waals surface area (Å²) in [4.78, 5) is 27.7. The number of hydrogen-bond acceptors (Lipinski definition) is 3. The zero-order chi connectivity index (χ0) is 22.4. The smallest absolute Gasteiger partial charge is 0.282 e. The van der Waals surface area contributed by atoms with E-state index < -0.39 is 0 Å². The van der Waals surface area contributed by atoms with E-state index >= 15 is 0 Å². The number of nitrogens with one attached hydrogen (secondary N) is 4. The number of quaternary nitrogens is 2. The predicted octanol–water partition coefficient (Wildman–Crippen LogP) is 0.0611. The molecule has 2 aromatic rings. The Labute approximate surface area is 184 Å². The normalized spacial score (nSPS) is 19.4. The van der Waals surface area contributed by atoms with Gasteiger partial charge in [0.1, 0.15) is 31.9 Å². The van der Waals surface area contributed by atoms with Gasteiger partial charge in [-0.3, -0.25) is 9.59 Å². The molecule has 3 rings (SSSR count). The second-order valence-electron chi connectivity index (χ2n) is 8.32. The number of anilines is 2. The third kappa shape index (κ3) is 6.06. The number of ether oxygens (including phenoxy) is 1. The van der Waals surface area contributed by atoms with E-state index in [1.165, 1.54) is 15.4 Å². The number of aryl methyl sites for hydroxylation is 1. The number of hydrogen-bond donors (Lipinski definition) is 4. The van der Waals surface area contributed by atoms with Crippen LogP contribution in [0.2, 0.25) is 0 Å². The Kier molecular flexibility index (Phi) is 7.65. The fourth-order valence-corrected chi connectivity index (χ4v) is 3.98. The molecule has 0 radical (unpaired) electrons. The molecular formula is C24H34N4O3+2. The van der Waals surface area contributed by atoms with Crippen LogP contribution >= 0.6 is 0 Å². The first kappa shape index (κ1) is 22.8. The minimum absolute atomic E-state index is 0.000584. The number of methoxy groups -OCH3 is 1. The molecule has 2 amide bonds. The summed E-state index contributed by atoms with van der Waals surface area (Å²) in [6, 6.07) is 13.2. The van der Waals surface area contributed by atoms with Crippen molar-refractivity contribution in [1.82, 2.24) is 0 Å². The molecule has 0 bridgehead atoms. The van der Waals surface area contributed by atoms with Gasteiger partial charge in [0.25, 0.3) is 11.8 Å². The van der Waals surface area contributed by atoms with Crippen molar-refractivity contribution in [1.29, 1.82) is 0 Å². The van der Waals surface area contributed by atoms with Crippen LogP contribution in [-0.2, 0) is 9.59 Å². The van der Waals surface area contributed by atoms with Gasteiger partial charge >= 0.3 is 0 Å². The van der Waals surface area contributed by atoms with Crippen molar-refractivity contribution in [3.63, 3.8) is 0 Å². The van der Waals surface area contributed by atoms with Gasteiger partial charge in [-0.1, -0.05) is 18.2 Å². The third-order valence-electron chi connectivity index (χ3n) is 6.23. The van der Waals surface area contributed by atoms with Crippen LogP contribution < -0.4 is 25.2 Å². The summed E-state index contributed by atoms with van der Waals surface area (Å²) >= 11 is 0. The van der Waals surface area contributed by atoms with E-state index in [1.807, 2.05) is 63.2 Å². The van der Waals surface area contributed by atoms with E-state index in [0.717, 1.165) is 43.1 Å². The first-order chi connectivity index (χ1) is 14.9. The number of benzene rings is 2. The van der Waals surface area contributed by atoms with Crippen molar-refractivity contribution in [3.8, 4) is 5.75 Å². The average molecular weight is 427 g/mol. The Morgan fingerprint density at radius 1 is 1.03 bits per heavy atom. The lowest BCUT2D eigenvalue weighted by atomic mass is 10.1. The summed E-state index contributed by atoms with van der Waals surface area (Å²) in [7, 11) is 1.61. The molecule has 2 aromatic carbocycles. The zero-order valence-electron chi connectivity index (χ0n) is 18.9. The molecule has 0 aromatic heterocycles. The van der Waals surface area contributed by atoms with E-state index in [0.29, 0.717) is 12.3 Å². The molecule has 4 N–H and O–H groups in total. The molecule has 7 nitrogen and oxygen atoms in total. The Morgan fingerprint density at radius 2 is 1.74 bits per heavy atom. The highest BCUT2D eigenvalue weighted by molar-refractivity contribution is 5.94. The summed E-state index contributed by atoms with van der Waals surface area (Å²) in [5.41, 5.74) is 3.90. The van der Waals surface area contributed by atoms with Crippen molar-refractivity contribution >= 4 is 23.2 Å². The van der Waals surface area contributed by atoms with E-state index in [-0.39, 0.29) is 17.9 Å². The van der Waals surface area contributed by atoms with Gasteiger partial charge in [0.2, 0.25) is 0 Å². The lowest BCUT2D eigenvalue weighted by molar-refractivity contribution is -1.01. The molecule has 1 saturated heterocycles. The highest BCUT2D eigenvalue weighted by Gasteiger charge is 2.31. The number of carbonyl (C=O) groups excluding carboxylic acids is 2. The molecule has 1 aliphatic rings. The lowest BCUT2D eigenvalue weighted by Gasteiger charge is -2.32. The molecule has 1 aliphatic heterocycles. The van der Waals surface area contributed by atoms with Gasteiger partial charge in [-0.25, -0.2) is 0 Å². The molecule has 0 saturated carbocycles. The maximum Gasteiger partial charge on any atom is 0.282 e. The molecule has 0 aliphatic carbocycles. The molecular weight excluding hydrogens is 392 g/mol. The van der Waals surface area contributed by atoms with Gasteiger partial charge < -0.3 is 25.2 Å². The summed E-state index contributed by atoms with van der Waals surface area (Å²) in [6.45, 7) is 9.94. The second-order valence-corrected chi connectivity index (χ2v) is 8.32. The van der Waals surface area contributed by atoms with E-state index in [2.05, 4.69) is 10.6 Å². The number of amides is 2. The highest BCUT2D eigenvalue weighted by atomic mass is 16.5. The van der Waals surface area contributed by atoms with Gasteiger partial charge in [0.15, 0.2) is 12.6 Å². The summed E-state index contributed by atoms with van der Waals surface area (Å²) in [5.74, 6) is 0.754. The third-order valence-corrected chi connectivity index (χ3v) is 6.23. The molecule has 1 atom stereocenters. The van der Waals surface area contributed by atoms with Crippen molar-refractivity contribution in [3.05, 3.63) is 53.6 Å². The average Bonchev–Trinajstić information content (AvgIpc) is 2.77. The largest absolute Gasteiger partial charge is 0.497 e. The van der Waals surface area contributed by atoms with Crippen molar-refractivity contribution in [2.75, 3.05) is 50.5 Å². The van der Waals surface area contributed by atoms with E-state index in [4.69, 9.17) is 4.74 Å². The summed E-state index contributed by atoms with van der Waals surface area (Å²) in [6.07, 6.45) is 0. The van der Waals surface area contributed by atoms with Crippen LogP contribution in [0.3, 0.4) is 0 Å². The Bertz CT molecular complexity index is 923. The summed E-state index contributed by atoms with van der Waals surface area (Å²) in [5, 5.41) is 6.03. The maximum absolute atomic E-state index is 12.7. The lowest BCUT2D eigenvalue weighted by Crippen LogP contribution is -3.30. The van der Waals surface area contributed by atoms with Crippen molar-refractivity contribution in [2.24, 2.45) is 0 Å². The van der Waals surface area contributed by atoms with Gasteiger partial charge in [-0.2, -0.15) is 0 Å². The molecule has 0 unspecified atom stereocenters. The van der Waals surface area contributed by atoms with Crippen molar-refractivity contribution < 1.29 is 24.1 Å². The minimum Gasteiger partial charge on any atom is -0.497 e. The van der Waals surface area contributed by atoms with Gasteiger partial charge in [-0.05, 0) is 50.1 Å². The maximum atomic E-state index is 12.7. The van der Waals surface area contributed by atoms with Crippen LogP contribution in [0.25, 0.3) is 0 Å². The molecule has 166 valence electrons. The van der Waals surface area contributed by atoms with E-state index in [9.17, 15) is 9.59 Å². The molecule has 31 heavy (non-hydrogen) atoms. The van der Waals surface area contributed by atoms with Crippen LogP contribution in [-0.4, -0.2) is 57.7 Å². The molecule has 1 heterocycles. The topological polar surface area (TPSA) is 76.3 Å². The second kappa shape index (κ2) is 10.4. The molecule has 7 heteroatoms. The minimum atomic E-state index is -0.156. The number of rotatable bonds is 7. The zero-order valence-corrected chi connectivity index (χ0v) is 18.9. The number of carbonyl (C=O) groups is 2. The Balaban J connectivity index is 1.46. The van der Waals surface area contributed by atoms with E-state index in [1.54, 1.807) is 7.11 Å². The van der Waals surface area contributed by atoms with Crippen LogP contribution in [0.1, 0.15) is 18.1 Å². The first-order valence-electron chi connectivity index (χ1n) is 10.9. The standard InChI is InChI=1S/C24H32N4O3/c1-17-7-5-10-22(18(17)2)26-23(29)16-27-11-13-28(14-12-27)19(3)24(30)25-20-8-6-9-21(15-20)31-4/h5-10,15,19H,11-14,16H2,1-4H3,(H,25,30)(H,26,29)/p+2/t19-/m0/s1. The van der Waals surface area contributed by atoms with Gasteiger partial charge in [0.05, 0.1) is 7.11 Å². The van der Waals surface area contributed by atoms with Crippen LogP contribution in [0.5, 0.6) is 5.75 Å². The SMILES string of the molecule is COc1cccc(NC(=O)[C@H](C)[NH+]2CC[NH+](CC(=O)Nc3cccc(C)c3C)CC2)c1. The first-order valence-corrected chi connectivity index (χ1v) is 10.9. The summed E-state index contributed by atoms with van der Waals surface area (Å²) < 4.78 is 5.21. The predicted molar refractivity (Wildman–Crippen MR) is 122 cm³/mol. The van der Waals surface area contributed by atoms with Gasteiger partial charge in [0, 0.05) is 17.4 Å². The quantitative estimate of drug-likeness (QED) is 0.506. The fourth-order valence-electron chi connectivity index (χ4n) is 3.98. The molecule has 1 fully saturated rings. The molecule has 0 spiro atoms. The number of piperazine rings is 1. The Hall–Kier alpha value is -2.90. The van der Waals surface area contributed by atoms with Crippen LogP contribution in [0.15, 0.2) is 42.5 Å². The fraction of sp³-hybridized carbons (Fsp3) is 0.417. The Morgan fingerprint density at radius 3 is 2.45 bits per heavy atom. The van der Waals surface area contributed by atoms with Crippen molar-refractivity contribution in [2.45, 2.75) is 26.8 Å².